The number of Topliss-reactive ketones (excluding diaryl/α,β-unsaturated/α-hetero) is 1. The number of carboxylic acid groups (broad SMARTS) is 1. The Hall–Kier alpha value is -1.98. The maximum absolute atomic E-state index is 11.1. The van der Waals surface area contributed by atoms with Crippen molar-refractivity contribution < 1.29 is 14.7 Å². The normalized spacial score (nSPS) is 13.6. The Balaban J connectivity index is 2.32. The molecular formula is C8H7N3O3. The molecule has 2 heterocycles. The van der Waals surface area contributed by atoms with E-state index in [1.165, 1.54) is 6.20 Å². The number of fused-ring (bicyclic) bond motifs is 1. The van der Waals surface area contributed by atoms with Crippen molar-refractivity contribution in [2.24, 2.45) is 0 Å². The lowest BCUT2D eigenvalue weighted by atomic mass is 10.2. The van der Waals surface area contributed by atoms with Gasteiger partial charge in [-0.15, -0.1) is 0 Å². The first-order valence-corrected chi connectivity index (χ1v) is 4.01. The van der Waals surface area contributed by atoms with Crippen LogP contribution in [0.15, 0.2) is 6.20 Å². The summed E-state index contributed by atoms with van der Waals surface area (Å²) in [4.78, 5) is 29.2. The van der Waals surface area contributed by atoms with Gasteiger partial charge in [-0.05, 0) is 0 Å². The molecule has 1 aromatic rings. The van der Waals surface area contributed by atoms with Gasteiger partial charge in [-0.1, -0.05) is 0 Å². The number of rotatable bonds is 2. The van der Waals surface area contributed by atoms with Crippen LogP contribution in [0.2, 0.25) is 0 Å². The summed E-state index contributed by atoms with van der Waals surface area (Å²) < 4.78 is 0. The first-order chi connectivity index (χ1) is 6.66. The van der Waals surface area contributed by atoms with Gasteiger partial charge in [0.1, 0.15) is 18.1 Å². The van der Waals surface area contributed by atoms with Gasteiger partial charge in [0.2, 0.25) is 0 Å². The lowest BCUT2D eigenvalue weighted by Crippen LogP contribution is -2.06. The highest BCUT2D eigenvalue weighted by molar-refractivity contribution is 6.06. The summed E-state index contributed by atoms with van der Waals surface area (Å²) in [5.74, 6) is -0.421. The van der Waals surface area contributed by atoms with E-state index in [4.69, 9.17) is 5.11 Å². The Morgan fingerprint density at radius 2 is 2.43 bits per heavy atom. The number of anilines is 1. The van der Waals surface area contributed by atoms with Gasteiger partial charge in [0.15, 0.2) is 5.78 Å². The molecule has 0 saturated heterocycles. The van der Waals surface area contributed by atoms with Gasteiger partial charge in [-0.2, -0.15) is 0 Å². The number of hydrogen-bond acceptors (Lipinski definition) is 5. The van der Waals surface area contributed by atoms with Crippen LogP contribution in [-0.2, 0) is 11.2 Å². The fourth-order valence-corrected chi connectivity index (χ4v) is 1.24. The van der Waals surface area contributed by atoms with E-state index in [0.717, 1.165) is 0 Å². The van der Waals surface area contributed by atoms with E-state index < -0.39 is 5.97 Å². The van der Waals surface area contributed by atoms with E-state index >= 15 is 0 Å². The number of aliphatic carboxylic acids is 1. The third-order valence-electron chi connectivity index (χ3n) is 1.86. The Kier molecular flexibility index (Phi) is 1.88. The SMILES string of the molecule is O=C(O)Cc1ncc2c(n1)NCC2=O. The fraction of sp³-hybridized carbons (Fsp3) is 0.250. The van der Waals surface area contributed by atoms with Crippen LogP contribution in [0, 0.1) is 0 Å². The average molecular weight is 193 g/mol. The predicted molar refractivity (Wildman–Crippen MR) is 46.2 cm³/mol. The Morgan fingerprint density at radius 3 is 3.14 bits per heavy atom. The smallest absolute Gasteiger partial charge is 0.311 e. The van der Waals surface area contributed by atoms with Crippen LogP contribution in [0.3, 0.4) is 0 Å². The molecule has 0 amide bonds. The number of carbonyl (C=O) groups is 2. The van der Waals surface area contributed by atoms with E-state index in [-0.39, 0.29) is 24.6 Å². The number of hydrogen-bond donors (Lipinski definition) is 2. The maximum atomic E-state index is 11.1. The quantitative estimate of drug-likeness (QED) is 0.670. The second-order valence-corrected chi connectivity index (χ2v) is 2.90. The lowest BCUT2D eigenvalue weighted by Gasteiger charge is -1.99. The molecule has 0 spiro atoms. The third kappa shape index (κ3) is 1.41. The molecule has 1 aromatic heterocycles. The Bertz CT molecular complexity index is 416. The molecule has 0 radical (unpaired) electrons. The molecule has 0 fully saturated rings. The molecule has 6 nitrogen and oxygen atoms in total. The van der Waals surface area contributed by atoms with Gasteiger partial charge in [-0.25, -0.2) is 9.97 Å². The molecular weight excluding hydrogens is 186 g/mol. The zero-order valence-corrected chi connectivity index (χ0v) is 7.15. The van der Waals surface area contributed by atoms with Gasteiger partial charge < -0.3 is 10.4 Å². The molecule has 6 heteroatoms. The summed E-state index contributed by atoms with van der Waals surface area (Å²) in [5.41, 5.74) is 0.430. The fourth-order valence-electron chi connectivity index (χ4n) is 1.24. The maximum Gasteiger partial charge on any atom is 0.311 e. The van der Waals surface area contributed by atoms with Gasteiger partial charge >= 0.3 is 5.97 Å². The van der Waals surface area contributed by atoms with Crippen molar-refractivity contribution in [2.45, 2.75) is 6.42 Å². The number of carboxylic acids is 1. The van der Waals surface area contributed by atoms with E-state index in [1.807, 2.05) is 0 Å². The zero-order valence-electron chi connectivity index (χ0n) is 7.15. The summed E-state index contributed by atoms with van der Waals surface area (Å²) in [5, 5.41) is 11.3. The van der Waals surface area contributed by atoms with Crippen molar-refractivity contribution in [3.8, 4) is 0 Å². The molecule has 14 heavy (non-hydrogen) atoms. The molecule has 0 aliphatic carbocycles. The van der Waals surface area contributed by atoms with E-state index in [2.05, 4.69) is 15.3 Å². The van der Waals surface area contributed by atoms with Crippen LogP contribution < -0.4 is 5.32 Å². The number of nitrogens with one attached hydrogen (secondary N) is 1. The van der Waals surface area contributed by atoms with Gasteiger partial charge in [0, 0.05) is 6.20 Å². The van der Waals surface area contributed by atoms with Crippen LogP contribution in [-0.4, -0.2) is 33.4 Å². The molecule has 1 aliphatic heterocycles. The molecule has 0 atom stereocenters. The molecule has 0 aromatic carbocycles. The van der Waals surface area contributed by atoms with Crippen molar-refractivity contribution in [2.75, 3.05) is 11.9 Å². The van der Waals surface area contributed by atoms with Gasteiger partial charge in [0.05, 0.1) is 12.1 Å². The number of nitrogens with zero attached hydrogens (tertiary/aromatic N) is 2. The highest BCUT2D eigenvalue weighted by atomic mass is 16.4. The van der Waals surface area contributed by atoms with Crippen LogP contribution in [0.25, 0.3) is 0 Å². The second-order valence-electron chi connectivity index (χ2n) is 2.90. The molecule has 1 aliphatic rings. The minimum atomic E-state index is -0.991. The summed E-state index contributed by atoms with van der Waals surface area (Å²) in [7, 11) is 0. The van der Waals surface area contributed by atoms with Crippen molar-refractivity contribution in [3.05, 3.63) is 17.6 Å². The number of carbonyl (C=O) groups excluding carboxylic acids is 1. The van der Waals surface area contributed by atoms with Crippen LogP contribution in [0.4, 0.5) is 5.82 Å². The zero-order chi connectivity index (χ0) is 10.1. The first-order valence-electron chi connectivity index (χ1n) is 4.01. The minimum absolute atomic E-state index is 0.0677. The lowest BCUT2D eigenvalue weighted by molar-refractivity contribution is -0.136. The monoisotopic (exact) mass is 193 g/mol. The van der Waals surface area contributed by atoms with E-state index in [0.29, 0.717) is 11.4 Å². The average Bonchev–Trinajstić information content (AvgIpc) is 2.46. The van der Waals surface area contributed by atoms with Crippen molar-refractivity contribution in [1.29, 1.82) is 0 Å². The summed E-state index contributed by atoms with van der Waals surface area (Å²) in [6.45, 7) is 0.209. The Morgan fingerprint density at radius 1 is 1.64 bits per heavy atom. The van der Waals surface area contributed by atoms with E-state index in [1.54, 1.807) is 0 Å². The first kappa shape index (κ1) is 8.61. The molecule has 2 rings (SSSR count). The number of ketones is 1. The highest BCUT2D eigenvalue weighted by Crippen LogP contribution is 2.17. The highest BCUT2D eigenvalue weighted by Gasteiger charge is 2.21. The third-order valence-corrected chi connectivity index (χ3v) is 1.86. The van der Waals surface area contributed by atoms with Gasteiger partial charge in [0.25, 0.3) is 0 Å². The van der Waals surface area contributed by atoms with E-state index in [9.17, 15) is 9.59 Å². The second kappa shape index (κ2) is 3.06. The summed E-state index contributed by atoms with van der Waals surface area (Å²) in [6, 6.07) is 0. The minimum Gasteiger partial charge on any atom is -0.481 e. The molecule has 2 N–H and O–H groups in total. The van der Waals surface area contributed by atoms with Crippen molar-refractivity contribution in [3.63, 3.8) is 0 Å². The van der Waals surface area contributed by atoms with Crippen molar-refractivity contribution >= 4 is 17.6 Å². The predicted octanol–water partition coefficient (Wildman–Crippen LogP) is -0.288. The molecule has 0 saturated carbocycles. The summed E-state index contributed by atoms with van der Waals surface area (Å²) in [6.07, 6.45) is 1.13. The van der Waals surface area contributed by atoms with Gasteiger partial charge in [-0.3, -0.25) is 9.59 Å². The van der Waals surface area contributed by atoms with Crippen molar-refractivity contribution in [1.82, 2.24) is 9.97 Å². The Labute approximate surface area is 79.0 Å². The van der Waals surface area contributed by atoms with Crippen LogP contribution in [0.5, 0.6) is 0 Å². The largest absolute Gasteiger partial charge is 0.481 e. The number of aromatic nitrogens is 2. The van der Waals surface area contributed by atoms with Crippen LogP contribution in [0.1, 0.15) is 16.2 Å². The summed E-state index contributed by atoms with van der Waals surface area (Å²) >= 11 is 0. The molecule has 0 bridgehead atoms. The van der Waals surface area contributed by atoms with Crippen LogP contribution >= 0.6 is 0 Å². The standard InChI is InChI=1S/C8H7N3O3/c12-5-3-10-8-4(5)2-9-6(11-8)1-7(13)14/h2H,1,3H2,(H,13,14)(H,9,10,11). The molecule has 0 unspecified atom stereocenters. The molecule has 72 valence electrons. The topological polar surface area (TPSA) is 92.2 Å².